The number of benzene rings is 2. The van der Waals surface area contributed by atoms with Crippen molar-refractivity contribution in [2.45, 2.75) is 19.9 Å². The van der Waals surface area contributed by atoms with Gasteiger partial charge in [-0.15, -0.1) is 0 Å². The molecule has 4 nitrogen and oxygen atoms in total. The van der Waals surface area contributed by atoms with E-state index in [-0.39, 0.29) is 5.91 Å². The van der Waals surface area contributed by atoms with E-state index in [1.165, 1.54) is 11.1 Å². The van der Waals surface area contributed by atoms with Gasteiger partial charge in [0.25, 0.3) is 5.91 Å². The molecule has 27 heavy (non-hydrogen) atoms. The van der Waals surface area contributed by atoms with E-state index in [0.717, 1.165) is 24.2 Å². The third kappa shape index (κ3) is 3.67. The highest BCUT2D eigenvalue weighted by Crippen LogP contribution is 2.26. The summed E-state index contributed by atoms with van der Waals surface area (Å²) in [6.07, 6.45) is 2.52. The van der Waals surface area contributed by atoms with Gasteiger partial charge in [0.15, 0.2) is 0 Å². The SMILES string of the molecule is Cc1c(Cl)cccc1Nc1ccc(C(=O)N2CCc3ccccc3C2)cn1. The normalized spacial score (nSPS) is 13.2. The first kappa shape index (κ1) is 17.6. The van der Waals surface area contributed by atoms with Crippen LogP contribution in [-0.4, -0.2) is 22.3 Å². The van der Waals surface area contributed by atoms with Crippen molar-refractivity contribution in [3.63, 3.8) is 0 Å². The van der Waals surface area contributed by atoms with Crippen LogP contribution < -0.4 is 5.32 Å². The number of anilines is 2. The fourth-order valence-electron chi connectivity index (χ4n) is 3.33. The summed E-state index contributed by atoms with van der Waals surface area (Å²) in [6, 6.07) is 17.6. The molecule has 4 rings (SSSR count). The number of pyridine rings is 1. The highest BCUT2D eigenvalue weighted by molar-refractivity contribution is 6.31. The molecular formula is C22H20ClN3O. The number of carbonyl (C=O) groups excluding carboxylic acids is 1. The van der Waals surface area contributed by atoms with Gasteiger partial charge in [0.1, 0.15) is 5.82 Å². The first-order chi connectivity index (χ1) is 13.1. The van der Waals surface area contributed by atoms with Crippen molar-refractivity contribution in [1.29, 1.82) is 0 Å². The lowest BCUT2D eigenvalue weighted by molar-refractivity contribution is 0.0734. The van der Waals surface area contributed by atoms with Gasteiger partial charge in [-0.25, -0.2) is 4.98 Å². The number of rotatable bonds is 3. The lowest BCUT2D eigenvalue weighted by Gasteiger charge is -2.28. The molecule has 1 amide bonds. The number of aromatic nitrogens is 1. The maximum absolute atomic E-state index is 12.8. The molecule has 0 saturated carbocycles. The van der Waals surface area contributed by atoms with Crippen molar-refractivity contribution < 1.29 is 4.79 Å². The van der Waals surface area contributed by atoms with Crippen LogP contribution in [0.2, 0.25) is 5.02 Å². The first-order valence-electron chi connectivity index (χ1n) is 8.96. The molecule has 1 aromatic heterocycles. The zero-order valence-corrected chi connectivity index (χ0v) is 15.8. The van der Waals surface area contributed by atoms with Gasteiger partial charge in [-0.3, -0.25) is 4.79 Å². The van der Waals surface area contributed by atoms with Crippen molar-refractivity contribution in [3.05, 3.63) is 88.1 Å². The van der Waals surface area contributed by atoms with Crippen molar-refractivity contribution in [2.75, 3.05) is 11.9 Å². The Bertz CT molecular complexity index is 985. The maximum Gasteiger partial charge on any atom is 0.255 e. The number of nitrogens with zero attached hydrogens (tertiary/aromatic N) is 2. The standard InChI is InChI=1S/C22H20ClN3O/c1-15-19(23)7-4-8-20(15)25-21-10-9-17(13-24-21)22(27)26-12-11-16-5-2-3-6-18(16)14-26/h2-10,13H,11-12,14H2,1H3,(H,24,25). The molecule has 0 bridgehead atoms. The van der Waals surface area contributed by atoms with Gasteiger partial charge in [0.05, 0.1) is 5.56 Å². The predicted molar refractivity (Wildman–Crippen MR) is 109 cm³/mol. The zero-order chi connectivity index (χ0) is 18.8. The van der Waals surface area contributed by atoms with Gasteiger partial charge >= 0.3 is 0 Å². The summed E-state index contributed by atoms with van der Waals surface area (Å²) in [5, 5.41) is 3.96. The summed E-state index contributed by atoms with van der Waals surface area (Å²) < 4.78 is 0. The van der Waals surface area contributed by atoms with Crippen LogP contribution in [0.25, 0.3) is 0 Å². The minimum atomic E-state index is 0.0162. The van der Waals surface area contributed by atoms with E-state index in [1.54, 1.807) is 6.20 Å². The molecule has 3 aromatic rings. The van der Waals surface area contributed by atoms with Crippen molar-refractivity contribution in [2.24, 2.45) is 0 Å². The fraction of sp³-hybridized carbons (Fsp3) is 0.182. The van der Waals surface area contributed by atoms with Crippen molar-refractivity contribution in [1.82, 2.24) is 9.88 Å². The maximum atomic E-state index is 12.8. The number of hydrogen-bond donors (Lipinski definition) is 1. The van der Waals surface area contributed by atoms with E-state index >= 15 is 0 Å². The highest BCUT2D eigenvalue weighted by Gasteiger charge is 2.21. The van der Waals surface area contributed by atoms with Crippen LogP contribution in [0, 0.1) is 6.92 Å². The van der Waals surface area contributed by atoms with Gasteiger partial charge in [-0.1, -0.05) is 41.9 Å². The molecule has 0 saturated heterocycles. The summed E-state index contributed by atoms with van der Waals surface area (Å²) in [5.74, 6) is 0.698. The topological polar surface area (TPSA) is 45.2 Å². The number of carbonyl (C=O) groups is 1. The molecule has 1 aliphatic rings. The fourth-order valence-corrected chi connectivity index (χ4v) is 3.50. The Kier molecular flexibility index (Phi) is 4.82. The smallest absolute Gasteiger partial charge is 0.255 e. The Morgan fingerprint density at radius 1 is 1.07 bits per heavy atom. The van der Waals surface area contributed by atoms with Crippen molar-refractivity contribution >= 4 is 29.0 Å². The van der Waals surface area contributed by atoms with Gasteiger partial charge in [-0.05, 0) is 54.3 Å². The average Bonchev–Trinajstić information content (AvgIpc) is 2.71. The third-order valence-electron chi connectivity index (χ3n) is 4.96. The molecule has 0 radical (unpaired) electrons. The van der Waals surface area contributed by atoms with Crippen LogP contribution in [0.3, 0.4) is 0 Å². The molecule has 0 spiro atoms. The van der Waals surface area contributed by atoms with E-state index < -0.39 is 0 Å². The molecular weight excluding hydrogens is 358 g/mol. The summed E-state index contributed by atoms with van der Waals surface area (Å²) >= 11 is 6.16. The van der Waals surface area contributed by atoms with Crippen molar-refractivity contribution in [3.8, 4) is 0 Å². The van der Waals surface area contributed by atoms with Gasteiger partial charge < -0.3 is 10.2 Å². The summed E-state index contributed by atoms with van der Waals surface area (Å²) in [4.78, 5) is 19.1. The summed E-state index contributed by atoms with van der Waals surface area (Å²) in [6.45, 7) is 3.34. The highest BCUT2D eigenvalue weighted by atomic mass is 35.5. The second kappa shape index (κ2) is 7.41. The average molecular weight is 378 g/mol. The van der Waals surface area contributed by atoms with Crippen LogP contribution >= 0.6 is 11.6 Å². The monoisotopic (exact) mass is 377 g/mol. The molecule has 5 heteroatoms. The Balaban J connectivity index is 1.47. The number of hydrogen-bond acceptors (Lipinski definition) is 3. The van der Waals surface area contributed by atoms with Gasteiger partial charge in [-0.2, -0.15) is 0 Å². The quantitative estimate of drug-likeness (QED) is 0.699. The summed E-state index contributed by atoms with van der Waals surface area (Å²) in [7, 11) is 0. The van der Waals surface area contributed by atoms with E-state index in [2.05, 4.69) is 22.4 Å². The van der Waals surface area contributed by atoms with E-state index in [9.17, 15) is 4.79 Å². The lowest BCUT2D eigenvalue weighted by Crippen LogP contribution is -2.35. The minimum absolute atomic E-state index is 0.0162. The molecule has 0 fully saturated rings. The number of amides is 1. The van der Waals surface area contributed by atoms with Crippen LogP contribution in [0.1, 0.15) is 27.0 Å². The van der Waals surface area contributed by atoms with Crippen LogP contribution in [0.15, 0.2) is 60.8 Å². The second-order valence-electron chi connectivity index (χ2n) is 6.71. The Hall–Kier alpha value is -2.85. The number of nitrogens with one attached hydrogen (secondary N) is 1. The predicted octanol–water partition coefficient (Wildman–Crippen LogP) is 4.99. The zero-order valence-electron chi connectivity index (χ0n) is 15.1. The lowest BCUT2D eigenvalue weighted by atomic mass is 9.99. The molecule has 1 aliphatic heterocycles. The first-order valence-corrected chi connectivity index (χ1v) is 9.34. The second-order valence-corrected chi connectivity index (χ2v) is 7.12. The number of halogens is 1. The third-order valence-corrected chi connectivity index (χ3v) is 5.37. The number of fused-ring (bicyclic) bond motifs is 1. The molecule has 0 atom stereocenters. The van der Waals surface area contributed by atoms with Crippen LogP contribution in [0.5, 0.6) is 0 Å². The van der Waals surface area contributed by atoms with Crippen LogP contribution in [0.4, 0.5) is 11.5 Å². The Labute approximate surface area is 163 Å². The molecule has 1 N–H and O–H groups in total. The van der Waals surface area contributed by atoms with E-state index in [4.69, 9.17) is 11.6 Å². The molecule has 0 unspecified atom stereocenters. The molecule has 2 heterocycles. The largest absolute Gasteiger partial charge is 0.340 e. The minimum Gasteiger partial charge on any atom is -0.340 e. The van der Waals surface area contributed by atoms with Crippen LogP contribution in [-0.2, 0) is 13.0 Å². The molecule has 0 aliphatic carbocycles. The van der Waals surface area contributed by atoms with Gasteiger partial charge in [0, 0.05) is 30.0 Å². The van der Waals surface area contributed by atoms with E-state index in [0.29, 0.717) is 22.9 Å². The Morgan fingerprint density at radius 2 is 1.89 bits per heavy atom. The Morgan fingerprint density at radius 3 is 2.67 bits per heavy atom. The molecule has 136 valence electrons. The van der Waals surface area contributed by atoms with Gasteiger partial charge in [0.2, 0.25) is 0 Å². The summed E-state index contributed by atoms with van der Waals surface area (Å²) in [5.41, 5.74) is 5.02. The molecule has 2 aromatic carbocycles. The van der Waals surface area contributed by atoms with E-state index in [1.807, 2.05) is 54.3 Å².